The lowest BCUT2D eigenvalue weighted by Crippen LogP contribution is -2.30. The third-order valence-electron chi connectivity index (χ3n) is 3.96. The maximum absolute atomic E-state index is 12.1. The summed E-state index contributed by atoms with van der Waals surface area (Å²) in [6.07, 6.45) is 2.45. The molecule has 0 bridgehead atoms. The summed E-state index contributed by atoms with van der Waals surface area (Å²) in [6.45, 7) is 1.59. The van der Waals surface area contributed by atoms with Crippen LogP contribution < -0.4 is 10.2 Å². The Hall–Kier alpha value is -2.14. The monoisotopic (exact) mass is 386 g/mol. The number of rotatable bonds is 5. The zero-order chi connectivity index (χ0) is 17.1. The van der Waals surface area contributed by atoms with E-state index in [2.05, 4.69) is 21.2 Å². The molecule has 1 aliphatic carbocycles. The van der Waals surface area contributed by atoms with Crippen molar-refractivity contribution in [3.63, 3.8) is 0 Å². The molecule has 0 radical (unpaired) electrons. The van der Waals surface area contributed by atoms with Crippen LogP contribution in [0.1, 0.15) is 25.3 Å². The van der Waals surface area contributed by atoms with Crippen LogP contribution in [0.5, 0.6) is 0 Å². The summed E-state index contributed by atoms with van der Waals surface area (Å²) in [5, 5.41) is 2.89. The van der Waals surface area contributed by atoms with Gasteiger partial charge in [0.1, 0.15) is 0 Å². The summed E-state index contributed by atoms with van der Waals surface area (Å²) in [5.41, 5.74) is 2.58. The first-order chi connectivity index (χ1) is 11.5. The Bertz CT molecular complexity index is 737. The van der Waals surface area contributed by atoms with Gasteiger partial charge in [-0.2, -0.15) is 0 Å². The highest BCUT2D eigenvalue weighted by Crippen LogP contribution is 2.32. The minimum atomic E-state index is -0.0595. The highest BCUT2D eigenvalue weighted by Gasteiger charge is 2.31. The lowest BCUT2D eigenvalue weighted by atomic mass is 10.1. The first kappa shape index (κ1) is 16.7. The van der Waals surface area contributed by atoms with Crippen LogP contribution in [-0.4, -0.2) is 17.9 Å². The second-order valence-corrected chi connectivity index (χ2v) is 6.93. The molecule has 2 amide bonds. The van der Waals surface area contributed by atoms with Crippen molar-refractivity contribution in [3.05, 3.63) is 58.6 Å². The van der Waals surface area contributed by atoms with Crippen molar-refractivity contribution in [1.29, 1.82) is 0 Å². The van der Waals surface area contributed by atoms with Crippen molar-refractivity contribution in [2.24, 2.45) is 0 Å². The summed E-state index contributed by atoms with van der Waals surface area (Å²) in [7, 11) is 0. The average molecular weight is 387 g/mol. The molecule has 2 aromatic carbocycles. The first-order valence-corrected chi connectivity index (χ1v) is 8.76. The Morgan fingerprint density at radius 2 is 1.71 bits per heavy atom. The van der Waals surface area contributed by atoms with Gasteiger partial charge < -0.3 is 10.2 Å². The molecular weight excluding hydrogens is 368 g/mol. The molecule has 1 saturated carbocycles. The predicted molar refractivity (Wildman–Crippen MR) is 99.1 cm³/mol. The average Bonchev–Trinajstić information content (AvgIpc) is 3.36. The molecule has 0 spiro atoms. The number of anilines is 2. The molecule has 0 saturated heterocycles. The number of nitrogens with zero attached hydrogens (tertiary/aromatic N) is 1. The standard InChI is InChI=1S/C19H19BrN2O2/c1-13(23)22(18-10-11-18)17-8-6-16(7-9-17)21-19(24)12-14-2-4-15(20)5-3-14/h2-9,18H,10-12H2,1H3,(H,21,24). The number of benzene rings is 2. The summed E-state index contributed by atoms with van der Waals surface area (Å²) < 4.78 is 0.993. The molecule has 0 heterocycles. The van der Waals surface area contributed by atoms with Gasteiger partial charge in [-0.3, -0.25) is 9.59 Å². The first-order valence-electron chi connectivity index (χ1n) is 7.97. The highest BCUT2D eigenvalue weighted by atomic mass is 79.9. The summed E-state index contributed by atoms with van der Waals surface area (Å²) in [5.74, 6) is 0.000198. The largest absolute Gasteiger partial charge is 0.326 e. The minimum Gasteiger partial charge on any atom is -0.326 e. The third-order valence-corrected chi connectivity index (χ3v) is 4.49. The molecule has 2 aromatic rings. The second kappa shape index (κ2) is 7.18. The van der Waals surface area contributed by atoms with E-state index in [0.717, 1.165) is 34.3 Å². The van der Waals surface area contributed by atoms with Gasteiger partial charge in [-0.25, -0.2) is 0 Å². The van der Waals surface area contributed by atoms with E-state index >= 15 is 0 Å². The zero-order valence-corrected chi connectivity index (χ0v) is 15.0. The van der Waals surface area contributed by atoms with Gasteiger partial charge in [0.15, 0.2) is 0 Å². The molecule has 0 aromatic heterocycles. The van der Waals surface area contributed by atoms with Crippen LogP contribution in [0.25, 0.3) is 0 Å². The molecule has 24 heavy (non-hydrogen) atoms. The van der Waals surface area contributed by atoms with Crippen LogP contribution in [0.2, 0.25) is 0 Å². The van der Waals surface area contributed by atoms with Gasteiger partial charge in [-0.1, -0.05) is 28.1 Å². The van der Waals surface area contributed by atoms with Crippen LogP contribution in [0, 0.1) is 0 Å². The molecule has 0 aliphatic heterocycles. The molecule has 1 N–H and O–H groups in total. The lowest BCUT2D eigenvalue weighted by Gasteiger charge is -2.21. The molecule has 1 fully saturated rings. The Morgan fingerprint density at radius 1 is 1.08 bits per heavy atom. The van der Waals surface area contributed by atoms with Gasteiger partial charge in [0, 0.05) is 28.8 Å². The van der Waals surface area contributed by atoms with E-state index in [1.807, 2.05) is 53.4 Å². The molecule has 0 unspecified atom stereocenters. The molecule has 3 rings (SSSR count). The number of hydrogen-bond acceptors (Lipinski definition) is 2. The van der Waals surface area contributed by atoms with Gasteiger partial charge in [0.25, 0.3) is 0 Å². The van der Waals surface area contributed by atoms with Crippen molar-refractivity contribution >= 4 is 39.1 Å². The quantitative estimate of drug-likeness (QED) is 0.838. The van der Waals surface area contributed by atoms with E-state index in [0.29, 0.717) is 12.5 Å². The predicted octanol–water partition coefficient (Wildman–Crippen LogP) is 4.15. The van der Waals surface area contributed by atoms with Gasteiger partial charge in [0.05, 0.1) is 6.42 Å². The van der Waals surface area contributed by atoms with E-state index in [1.54, 1.807) is 6.92 Å². The van der Waals surface area contributed by atoms with E-state index in [4.69, 9.17) is 0 Å². The number of hydrogen-bond donors (Lipinski definition) is 1. The molecule has 124 valence electrons. The fourth-order valence-electron chi connectivity index (χ4n) is 2.68. The number of carbonyl (C=O) groups excluding carboxylic acids is 2. The van der Waals surface area contributed by atoms with E-state index in [1.165, 1.54) is 0 Å². The van der Waals surface area contributed by atoms with Crippen molar-refractivity contribution < 1.29 is 9.59 Å². The maximum Gasteiger partial charge on any atom is 0.228 e. The van der Waals surface area contributed by atoms with Crippen LogP contribution in [0.3, 0.4) is 0 Å². The highest BCUT2D eigenvalue weighted by molar-refractivity contribution is 9.10. The smallest absolute Gasteiger partial charge is 0.228 e. The Labute approximate surface area is 150 Å². The minimum absolute atomic E-state index is 0.0595. The van der Waals surface area contributed by atoms with Crippen LogP contribution in [0.4, 0.5) is 11.4 Å². The topological polar surface area (TPSA) is 49.4 Å². The fourth-order valence-corrected chi connectivity index (χ4v) is 2.94. The van der Waals surface area contributed by atoms with Gasteiger partial charge in [-0.15, -0.1) is 0 Å². The van der Waals surface area contributed by atoms with E-state index in [-0.39, 0.29) is 11.8 Å². The molecular formula is C19H19BrN2O2. The SMILES string of the molecule is CC(=O)N(c1ccc(NC(=O)Cc2ccc(Br)cc2)cc1)C1CC1. The van der Waals surface area contributed by atoms with Gasteiger partial charge in [-0.05, 0) is 54.8 Å². The summed E-state index contributed by atoms with van der Waals surface area (Å²) >= 11 is 3.38. The van der Waals surface area contributed by atoms with Crippen molar-refractivity contribution in [1.82, 2.24) is 0 Å². The Balaban J connectivity index is 1.62. The Morgan fingerprint density at radius 3 is 2.25 bits per heavy atom. The van der Waals surface area contributed by atoms with Gasteiger partial charge >= 0.3 is 0 Å². The maximum atomic E-state index is 12.1. The zero-order valence-electron chi connectivity index (χ0n) is 13.5. The molecule has 0 atom stereocenters. The van der Waals surface area contributed by atoms with Crippen LogP contribution in [-0.2, 0) is 16.0 Å². The fraction of sp³-hybridized carbons (Fsp3) is 0.263. The van der Waals surface area contributed by atoms with E-state index in [9.17, 15) is 9.59 Å². The van der Waals surface area contributed by atoms with Crippen molar-refractivity contribution in [2.75, 3.05) is 10.2 Å². The molecule has 4 nitrogen and oxygen atoms in total. The van der Waals surface area contributed by atoms with Gasteiger partial charge in [0.2, 0.25) is 11.8 Å². The summed E-state index contributed by atoms with van der Waals surface area (Å²) in [4.78, 5) is 25.7. The molecule has 1 aliphatic rings. The van der Waals surface area contributed by atoms with Crippen molar-refractivity contribution in [3.8, 4) is 0 Å². The van der Waals surface area contributed by atoms with E-state index < -0.39 is 0 Å². The Kier molecular flexibility index (Phi) is 5.00. The second-order valence-electron chi connectivity index (χ2n) is 6.02. The normalized spacial score (nSPS) is 13.4. The molecule has 5 heteroatoms. The number of carbonyl (C=O) groups is 2. The van der Waals surface area contributed by atoms with Crippen LogP contribution >= 0.6 is 15.9 Å². The number of amides is 2. The third kappa shape index (κ3) is 4.23. The van der Waals surface area contributed by atoms with Crippen LogP contribution in [0.15, 0.2) is 53.0 Å². The number of halogens is 1. The summed E-state index contributed by atoms with van der Waals surface area (Å²) in [6, 6.07) is 15.5. The number of nitrogens with one attached hydrogen (secondary N) is 1. The lowest BCUT2D eigenvalue weighted by molar-refractivity contribution is -0.117. The van der Waals surface area contributed by atoms with Crippen molar-refractivity contribution in [2.45, 2.75) is 32.2 Å².